The number of rotatable bonds is 2. The maximum atomic E-state index is 12.4. The van der Waals surface area contributed by atoms with Gasteiger partial charge in [-0.3, -0.25) is 0 Å². The van der Waals surface area contributed by atoms with Gasteiger partial charge >= 0.3 is 12.1 Å². The smallest absolute Gasteiger partial charge is 0.405 e. The van der Waals surface area contributed by atoms with Crippen LogP contribution in [0.3, 0.4) is 0 Å². The SMILES string of the molecule is O=C(O)c1ccc2c(c1)CCCN2CC(F)(F)F. The van der Waals surface area contributed by atoms with Crippen LogP contribution in [0.15, 0.2) is 18.2 Å². The van der Waals surface area contributed by atoms with E-state index in [1.807, 2.05) is 0 Å². The van der Waals surface area contributed by atoms with E-state index in [9.17, 15) is 18.0 Å². The fourth-order valence-corrected chi connectivity index (χ4v) is 2.19. The molecule has 0 aliphatic carbocycles. The molecule has 1 aliphatic rings. The second-order valence-electron chi connectivity index (χ2n) is 4.29. The summed E-state index contributed by atoms with van der Waals surface area (Å²) in [6, 6.07) is 4.26. The quantitative estimate of drug-likeness (QED) is 0.887. The first-order valence-electron chi connectivity index (χ1n) is 5.55. The van der Waals surface area contributed by atoms with Crippen LogP contribution < -0.4 is 4.90 Å². The molecule has 1 aliphatic heterocycles. The maximum absolute atomic E-state index is 12.4. The molecule has 0 fully saturated rings. The number of anilines is 1. The topological polar surface area (TPSA) is 40.5 Å². The first-order valence-corrected chi connectivity index (χ1v) is 5.55. The number of benzene rings is 1. The van der Waals surface area contributed by atoms with E-state index in [4.69, 9.17) is 5.11 Å². The number of hydrogen-bond acceptors (Lipinski definition) is 2. The largest absolute Gasteiger partial charge is 0.478 e. The Balaban J connectivity index is 2.30. The highest BCUT2D eigenvalue weighted by atomic mass is 19.4. The van der Waals surface area contributed by atoms with E-state index in [0.717, 1.165) is 0 Å². The normalized spacial score (nSPS) is 15.4. The van der Waals surface area contributed by atoms with Crippen molar-refractivity contribution in [2.24, 2.45) is 0 Å². The van der Waals surface area contributed by atoms with Crippen LogP contribution in [0.1, 0.15) is 22.3 Å². The van der Waals surface area contributed by atoms with Gasteiger partial charge in [-0.25, -0.2) is 4.79 Å². The van der Waals surface area contributed by atoms with Gasteiger partial charge in [0.05, 0.1) is 5.56 Å². The Morgan fingerprint density at radius 2 is 2.11 bits per heavy atom. The molecular formula is C12H12F3NO2. The van der Waals surface area contributed by atoms with Crippen LogP contribution >= 0.6 is 0 Å². The third-order valence-corrected chi connectivity index (χ3v) is 2.91. The number of carboxylic acids is 1. The molecule has 1 heterocycles. The Hall–Kier alpha value is -1.72. The number of alkyl halides is 3. The Morgan fingerprint density at radius 3 is 2.72 bits per heavy atom. The molecule has 3 nitrogen and oxygen atoms in total. The summed E-state index contributed by atoms with van der Waals surface area (Å²) in [7, 11) is 0. The van der Waals surface area contributed by atoms with E-state index >= 15 is 0 Å². The van der Waals surface area contributed by atoms with Gasteiger partial charge < -0.3 is 10.0 Å². The van der Waals surface area contributed by atoms with Crippen LogP contribution in [0, 0.1) is 0 Å². The number of aromatic carboxylic acids is 1. The van der Waals surface area contributed by atoms with E-state index in [1.54, 1.807) is 0 Å². The number of aryl methyl sites for hydroxylation is 1. The molecule has 2 rings (SSSR count). The van der Waals surface area contributed by atoms with Crippen LogP contribution in [0.2, 0.25) is 0 Å². The van der Waals surface area contributed by atoms with Gasteiger partial charge in [0.25, 0.3) is 0 Å². The molecule has 98 valence electrons. The number of carbonyl (C=O) groups is 1. The highest BCUT2D eigenvalue weighted by molar-refractivity contribution is 5.88. The van der Waals surface area contributed by atoms with Gasteiger partial charge in [0.1, 0.15) is 6.54 Å². The van der Waals surface area contributed by atoms with Gasteiger partial charge in [-0.15, -0.1) is 0 Å². The van der Waals surface area contributed by atoms with E-state index in [-0.39, 0.29) is 5.56 Å². The molecule has 1 N–H and O–H groups in total. The molecule has 0 amide bonds. The lowest BCUT2D eigenvalue weighted by Crippen LogP contribution is -2.37. The third-order valence-electron chi connectivity index (χ3n) is 2.91. The summed E-state index contributed by atoms with van der Waals surface area (Å²) in [6.45, 7) is -0.647. The summed E-state index contributed by atoms with van der Waals surface area (Å²) in [4.78, 5) is 12.1. The van der Waals surface area contributed by atoms with E-state index in [1.165, 1.54) is 23.1 Å². The van der Waals surface area contributed by atoms with Gasteiger partial charge in [-0.1, -0.05) is 0 Å². The minimum absolute atomic E-state index is 0.114. The number of halogens is 3. The molecule has 1 aromatic carbocycles. The molecule has 0 atom stereocenters. The average Bonchev–Trinajstić information content (AvgIpc) is 2.26. The van der Waals surface area contributed by atoms with Crippen molar-refractivity contribution < 1.29 is 23.1 Å². The fourth-order valence-electron chi connectivity index (χ4n) is 2.19. The van der Waals surface area contributed by atoms with Gasteiger partial charge in [0, 0.05) is 12.2 Å². The molecule has 0 radical (unpaired) electrons. The van der Waals surface area contributed by atoms with Crippen LogP contribution in [0.4, 0.5) is 18.9 Å². The molecule has 0 unspecified atom stereocenters. The average molecular weight is 259 g/mol. The molecule has 0 saturated heterocycles. The highest BCUT2D eigenvalue weighted by Gasteiger charge is 2.32. The minimum Gasteiger partial charge on any atom is -0.478 e. The molecule has 18 heavy (non-hydrogen) atoms. The van der Waals surface area contributed by atoms with Crippen molar-refractivity contribution >= 4 is 11.7 Å². The summed E-state index contributed by atoms with van der Waals surface area (Å²) in [5.41, 5.74) is 1.27. The zero-order valence-corrected chi connectivity index (χ0v) is 9.50. The second kappa shape index (κ2) is 4.51. The van der Waals surface area contributed by atoms with Gasteiger partial charge in [-0.05, 0) is 36.6 Å². The van der Waals surface area contributed by atoms with Crippen molar-refractivity contribution in [1.82, 2.24) is 0 Å². The number of nitrogens with zero attached hydrogens (tertiary/aromatic N) is 1. The maximum Gasteiger partial charge on any atom is 0.405 e. The van der Waals surface area contributed by atoms with Gasteiger partial charge in [-0.2, -0.15) is 13.2 Å². The Labute approximate surface area is 102 Å². The molecular weight excluding hydrogens is 247 g/mol. The molecule has 1 aromatic rings. The minimum atomic E-state index is -4.25. The van der Waals surface area contributed by atoms with Crippen molar-refractivity contribution in [3.63, 3.8) is 0 Å². The van der Waals surface area contributed by atoms with Crippen LogP contribution in [0.25, 0.3) is 0 Å². The Morgan fingerprint density at radius 1 is 1.39 bits per heavy atom. The van der Waals surface area contributed by atoms with E-state index < -0.39 is 18.7 Å². The van der Waals surface area contributed by atoms with Crippen LogP contribution in [0.5, 0.6) is 0 Å². The Kier molecular flexibility index (Phi) is 3.19. The summed E-state index contributed by atoms with van der Waals surface area (Å²) in [5, 5.41) is 8.85. The molecule has 0 spiro atoms. The summed E-state index contributed by atoms with van der Waals surface area (Å²) in [5.74, 6) is -1.06. The molecule has 6 heteroatoms. The predicted octanol–water partition coefficient (Wildman–Crippen LogP) is 2.70. The highest BCUT2D eigenvalue weighted by Crippen LogP contribution is 2.30. The fraction of sp³-hybridized carbons (Fsp3) is 0.417. The van der Waals surface area contributed by atoms with E-state index in [0.29, 0.717) is 30.6 Å². The molecule has 0 saturated carbocycles. The summed E-state index contributed by atoms with van der Waals surface area (Å²) in [6.07, 6.45) is -3.03. The van der Waals surface area contributed by atoms with Gasteiger partial charge in [0.2, 0.25) is 0 Å². The van der Waals surface area contributed by atoms with Crippen molar-refractivity contribution in [2.75, 3.05) is 18.0 Å². The predicted molar refractivity (Wildman–Crippen MR) is 60.0 cm³/mol. The second-order valence-corrected chi connectivity index (χ2v) is 4.29. The van der Waals surface area contributed by atoms with Gasteiger partial charge in [0.15, 0.2) is 0 Å². The Bertz CT molecular complexity index is 471. The third kappa shape index (κ3) is 2.75. The molecule has 0 bridgehead atoms. The summed E-state index contributed by atoms with van der Waals surface area (Å²) >= 11 is 0. The lowest BCUT2D eigenvalue weighted by atomic mass is 9.99. The van der Waals surface area contributed by atoms with Crippen LogP contribution in [-0.4, -0.2) is 30.3 Å². The zero-order chi connectivity index (χ0) is 13.3. The summed E-state index contributed by atoms with van der Waals surface area (Å²) < 4.78 is 37.2. The lowest BCUT2D eigenvalue weighted by Gasteiger charge is -2.32. The number of hydrogen-bond donors (Lipinski definition) is 1. The molecule has 0 aromatic heterocycles. The first kappa shape index (κ1) is 12.7. The number of carboxylic acid groups (broad SMARTS) is 1. The van der Waals surface area contributed by atoms with Crippen molar-refractivity contribution in [3.05, 3.63) is 29.3 Å². The monoisotopic (exact) mass is 259 g/mol. The van der Waals surface area contributed by atoms with E-state index in [2.05, 4.69) is 0 Å². The van der Waals surface area contributed by atoms with Crippen molar-refractivity contribution in [1.29, 1.82) is 0 Å². The lowest BCUT2D eigenvalue weighted by molar-refractivity contribution is -0.119. The first-order chi connectivity index (χ1) is 8.37. The van der Waals surface area contributed by atoms with Crippen LogP contribution in [-0.2, 0) is 6.42 Å². The number of fused-ring (bicyclic) bond motifs is 1. The van der Waals surface area contributed by atoms with Crippen molar-refractivity contribution in [3.8, 4) is 0 Å². The standard InChI is InChI=1S/C12H12F3NO2/c13-12(14,15)7-16-5-1-2-8-6-9(11(17)18)3-4-10(8)16/h3-4,6H,1-2,5,7H2,(H,17,18). The zero-order valence-electron chi connectivity index (χ0n) is 9.50. The van der Waals surface area contributed by atoms with Crippen molar-refractivity contribution in [2.45, 2.75) is 19.0 Å².